The number of rotatable bonds is 3. The van der Waals surface area contributed by atoms with Crippen LogP contribution in [0.1, 0.15) is 30.8 Å². The zero-order chi connectivity index (χ0) is 22.0. The van der Waals surface area contributed by atoms with Gasteiger partial charge in [-0.15, -0.1) is 0 Å². The molecule has 0 saturated carbocycles. The molecule has 0 N–H and O–H groups in total. The van der Waals surface area contributed by atoms with Gasteiger partial charge in [0.05, 0.1) is 27.7 Å². The number of nitrogens with zero attached hydrogens (tertiary/aromatic N) is 2. The van der Waals surface area contributed by atoms with Gasteiger partial charge in [0.15, 0.2) is 9.84 Å². The summed E-state index contributed by atoms with van der Waals surface area (Å²) in [6.45, 7) is 5.23. The fraction of sp³-hybridized carbons (Fsp3) is 0.154. The van der Waals surface area contributed by atoms with Crippen molar-refractivity contribution in [1.82, 2.24) is 9.97 Å². The quantitative estimate of drug-likeness (QED) is 0.423. The van der Waals surface area contributed by atoms with E-state index in [0.717, 1.165) is 27.6 Å². The molecule has 0 radical (unpaired) electrons. The molecule has 0 spiro atoms. The number of fused-ring (bicyclic) bond motifs is 1. The first-order chi connectivity index (χ1) is 14.9. The highest BCUT2D eigenvalue weighted by Crippen LogP contribution is 2.22. The Kier molecular flexibility index (Phi) is 5.58. The summed E-state index contributed by atoms with van der Waals surface area (Å²) in [5.41, 5.74) is 3.73. The molecule has 0 atom stereocenters. The monoisotopic (exact) mass is 426 g/mol. The molecular weight excluding hydrogens is 404 g/mol. The van der Waals surface area contributed by atoms with Gasteiger partial charge in [0.25, 0.3) is 0 Å². The second kappa shape index (κ2) is 8.33. The van der Waals surface area contributed by atoms with Crippen LogP contribution in [0, 0.1) is 18.8 Å². The number of hydrogen-bond donors (Lipinski definition) is 0. The van der Waals surface area contributed by atoms with E-state index in [-0.39, 0.29) is 0 Å². The van der Waals surface area contributed by atoms with Gasteiger partial charge in [-0.25, -0.2) is 13.4 Å². The molecule has 0 saturated heterocycles. The van der Waals surface area contributed by atoms with E-state index >= 15 is 0 Å². The molecule has 1 aromatic heterocycles. The smallest absolute Gasteiger partial charge is 0.180 e. The van der Waals surface area contributed by atoms with Crippen LogP contribution < -0.4 is 0 Å². The van der Waals surface area contributed by atoms with E-state index in [9.17, 15) is 8.42 Å². The van der Waals surface area contributed by atoms with Gasteiger partial charge in [0.1, 0.15) is 5.69 Å². The lowest BCUT2D eigenvalue weighted by atomic mass is 10.0. The molecule has 0 bridgehead atoms. The van der Waals surface area contributed by atoms with E-state index in [2.05, 4.69) is 40.0 Å². The van der Waals surface area contributed by atoms with Crippen molar-refractivity contribution in [1.29, 1.82) is 0 Å². The lowest BCUT2D eigenvalue weighted by molar-refractivity contribution is 0.587. The maximum atomic E-state index is 12.3. The number of aryl methyl sites for hydroxylation is 1. The van der Waals surface area contributed by atoms with Crippen LogP contribution in [0.2, 0.25) is 0 Å². The summed E-state index contributed by atoms with van der Waals surface area (Å²) in [7, 11) is -3.31. The molecule has 1 heterocycles. The molecule has 0 fully saturated rings. The van der Waals surface area contributed by atoms with Gasteiger partial charge in [0.2, 0.25) is 0 Å². The third-order valence-corrected chi connectivity index (χ3v) is 7.33. The van der Waals surface area contributed by atoms with Gasteiger partial charge in [-0.2, -0.15) is 0 Å². The summed E-state index contributed by atoms with van der Waals surface area (Å²) >= 11 is 0. The second-order valence-electron chi connectivity index (χ2n) is 7.58. The van der Waals surface area contributed by atoms with Crippen LogP contribution in [0.4, 0.5) is 0 Å². The van der Waals surface area contributed by atoms with E-state index in [1.807, 2.05) is 31.2 Å². The Bertz CT molecular complexity index is 1420. The molecule has 0 unspecified atom stereocenters. The lowest BCUT2D eigenvalue weighted by Gasteiger charge is -2.09. The van der Waals surface area contributed by atoms with Crippen molar-refractivity contribution in [2.75, 3.05) is 0 Å². The Morgan fingerprint density at radius 2 is 1.58 bits per heavy atom. The summed E-state index contributed by atoms with van der Waals surface area (Å²) in [6, 6.07) is 20.9. The Hall–Kier alpha value is -3.49. The minimum Gasteiger partial charge on any atom is -0.256 e. The summed E-state index contributed by atoms with van der Waals surface area (Å²) in [5.74, 6) is 6.40. The number of aromatic nitrogens is 2. The van der Waals surface area contributed by atoms with E-state index < -0.39 is 15.1 Å². The molecule has 4 rings (SSSR count). The van der Waals surface area contributed by atoms with Crippen molar-refractivity contribution < 1.29 is 8.42 Å². The van der Waals surface area contributed by atoms with Crippen molar-refractivity contribution in [2.45, 2.75) is 30.9 Å². The largest absolute Gasteiger partial charge is 0.256 e. The highest BCUT2D eigenvalue weighted by molar-refractivity contribution is 7.92. The van der Waals surface area contributed by atoms with E-state index in [1.165, 1.54) is 0 Å². The van der Waals surface area contributed by atoms with Crippen molar-refractivity contribution >= 4 is 20.6 Å². The van der Waals surface area contributed by atoms with E-state index in [4.69, 9.17) is 0 Å². The Morgan fingerprint density at radius 1 is 0.871 bits per heavy atom. The predicted molar refractivity (Wildman–Crippen MR) is 124 cm³/mol. The third-order valence-electron chi connectivity index (χ3n) is 5.16. The molecular formula is C26H22N2O2S. The molecule has 31 heavy (non-hydrogen) atoms. The van der Waals surface area contributed by atoms with Gasteiger partial charge in [-0.1, -0.05) is 54.5 Å². The first kappa shape index (κ1) is 20.8. The van der Waals surface area contributed by atoms with Gasteiger partial charge >= 0.3 is 0 Å². The standard InChI is InChI=1S/C26H22N2O2S/c1-18(2)31(29,30)23-14-11-22(12-15-23)26-17-27-19(3)25(28-26)16-13-21-9-6-8-20-7-4-5-10-24(20)21/h4-12,14-15,17-18H,1-3H3. The summed E-state index contributed by atoms with van der Waals surface area (Å²) < 4.78 is 24.7. The van der Waals surface area contributed by atoms with Crippen LogP contribution in [0.25, 0.3) is 22.0 Å². The van der Waals surface area contributed by atoms with Crippen LogP contribution in [0.15, 0.2) is 77.8 Å². The predicted octanol–water partition coefficient (Wildman–Crippen LogP) is 5.19. The Balaban J connectivity index is 1.70. The fourth-order valence-electron chi connectivity index (χ4n) is 3.26. The first-order valence-electron chi connectivity index (χ1n) is 10.0. The fourth-order valence-corrected chi connectivity index (χ4v) is 4.32. The maximum Gasteiger partial charge on any atom is 0.180 e. The van der Waals surface area contributed by atoms with Crippen molar-refractivity contribution in [3.8, 4) is 23.1 Å². The zero-order valence-corrected chi connectivity index (χ0v) is 18.4. The minimum atomic E-state index is -3.31. The molecule has 3 aromatic carbocycles. The Labute approximate surface area is 182 Å². The molecule has 0 aliphatic heterocycles. The average Bonchev–Trinajstić information content (AvgIpc) is 2.78. The van der Waals surface area contributed by atoms with E-state index in [1.54, 1.807) is 44.3 Å². The lowest BCUT2D eigenvalue weighted by Crippen LogP contribution is -2.13. The number of benzene rings is 3. The van der Waals surface area contributed by atoms with E-state index in [0.29, 0.717) is 16.3 Å². The van der Waals surface area contributed by atoms with Crippen LogP contribution >= 0.6 is 0 Å². The maximum absolute atomic E-state index is 12.3. The van der Waals surface area contributed by atoms with Crippen LogP contribution in [0.5, 0.6) is 0 Å². The van der Waals surface area contributed by atoms with Gasteiger partial charge < -0.3 is 0 Å². The van der Waals surface area contributed by atoms with Crippen LogP contribution in [0.3, 0.4) is 0 Å². The highest BCUT2D eigenvalue weighted by Gasteiger charge is 2.19. The summed E-state index contributed by atoms with van der Waals surface area (Å²) in [5, 5.41) is 1.77. The van der Waals surface area contributed by atoms with Gasteiger partial charge in [0, 0.05) is 11.1 Å². The normalized spacial score (nSPS) is 11.4. The van der Waals surface area contributed by atoms with Crippen molar-refractivity contribution in [3.63, 3.8) is 0 Å². The molecule has 154 valence electrons. The van der Waals surface area contributed by atoms with Crippen LogP contribution in [-0.2, 0) is 9.84 Å². The Morgan fingerprint density at radius 3 is 2.32 bits per heavy atom. The topological polar surface area (TPSA) is 59.9 Å². The van der Waals surface area contributed by atoms with Gasteiger partial charge in [-0.05, 0) is 55.7 Å². The van der Waals surface area contributed by atoms with Crippen LogP contribution in [-0.4, -0.2) is 23.6 Å². The SMILES string of the molecule is Cc1ncc(-c2ccc(S(=O)(=O)C(C)C)cc2)nc1C#Cc1cccc2ccccc12. The first-order valence-corrected chi connectivity index (χ1v) is 11.6. The van der Waals surface area contributed by atoms with Crippen molar-refractivity contribution in [3.05, 3.63) is 89.9 Å². The molecule has 0 aliphatic rings. The molecule has 0 amide bonds. The average molecular weight is 427 g/mol. The molecule has 4 nitrogen and oxygen atoms in total. The minimum absolute atomic E-state index is 0.308. The van der Waals surface area contributed by atoms with Gasteiger partial charge in [-0.3, -0.25) is 4.98 Å². The number of hydrogen-bond acceptors (Lipinski definition) is 4. The molecule has 4 aromatic rings. The number of sulfone groups is 1. The summed E-state index contributed by atoms with van der Waals surface area (Å²) in [6.07, 6.45) is 1.68. The zero-order valence-electron chi connectivity index (χ0n) is 17.6. The van der Waals surface area contributed by atoms with Crippen molar-refractivity contribution in [2.24, 2.45) is 0 Å². The highest BCUT2D eigenvalue weighted by atomic mass is 32.2. The molecule has 0 aliphatic carbocycles. The summed E-state index contributed by atoms with van der Waals surface area (Å²) in [4.78, 5) is 9.43. The third kappa shape index (κ3) is 4.21. The second-order valence-corrected chi connectivity index (χ2v) is 10.1. The molecule has 5 heteroatoms.